The summed E-state index contributed by atoms with van der Waals surface area (Å²) < 4.78 is 11.2. The molecule has 2 nitrogen and oxygen atoms in total. The Morgan fingerprint density at radius 3 is 2.15 bits per heavy atom. The lowest BCUT2D eigenvalue weighted by Gasteiger charge is -2.25. The van der Waals surface area contributed by atoms with Crippen LogP contribution in [0, 0.1) is 5.92 Å². The van der Waals surface area contributed by atoms with E-state index in [1.807, 2.05) is 12.1 Å². The first kappa shape index (κ1) is 15.8. The minimum atomic E-state index is -0.0711. The third kappa shape index (κ3) is 3.53. The number of hydrogen-bond acceptors (Lipinski definition) is 2. The maximum atomic E-state index is 6.70. The van der Waals surface area contributed by atoms with Crippen molar-refractivity contribution < 1.29 is 9.47 Å². The summed E-state index contributed by atoms with van der Waals surface area (Å²) in [6.45, 7) is 5.53. The van der Waals surface area contributed by atoms with Crippen molar-refractivity contribution in [2.75, 3.05) is 13.2 Å². The van der Waals surface area contributed by atoms with Crippen LogP contribution in [0.25, 0.3) is 0 Å². The summed E-state index contributed by atoms with van der Waals surface area (Å²) in [4.78, 5) is 0. The van der Waals surface area contributed by atoms with Gasteiger partial charge in [0.25, 0.3) is 0 Å². The first-order valence-electron chi connectivity index (χ1n) is 7.40. The Balaban J connectivity index is 2.25. The minimum absolute atomic E-state index is 0.0711. The molecular weight excluding hydrogens is 295 g/mol. The van der Waals surface area contributed by atoms with Gasteiger partial charge in [-0.3, -0.25) is 0 Å². The first-order valence-corrected chi connectivity index (χ1v) is 8.21. The van der Waals surface area contributed by atoms with Gasteiger partial charge < -0.3 is 9.47 Å². The van der Waals surface area contributed by atoms with Crippen LogP contribution in [0.1, 0.15) is 50.5 Å². The van der Waals surface area contributed by atoms with Gasteiger partial charge in [-0.2, -0.15) is 0 Å². The van der Waals surface area contributed by atoms with Crippen molar-refractivity contribution in [3.8, 4) is 11.5 Å². The molecule has 112 valence electrons. The van der Waals surface area contributed by atoms with Crippen LogP contribution < -0.4 is 9.47 Å². The molecule has 1 atom stereocenters. The van der Waals surface area contributed by atoms with Gasteiger partial charge in [-0.1, -0.05) is 38.3 Å². The number of hydrogen-bond donors (Lipinski definition) is 0. The van der Waals surface area contributed by atoms with Crippen LogP contribution in [0.5, 0.6) is 11.5 Å². The van der Waals surface area contributed by atoms with Gasteiger partial charge in [0.05, 0.1) is 5.38 Å². The van der Waals surface area contributed by atoms with Gasteiger partial charge in [-0.25, -0.2) is 0 Å². The third-order valence-electron chi connectivity index (χ3n) is 3.69. The molecule has 1 aliphatic rings. The summed E-state index contributed by atoms with van der Waals surface area (Å²) in [5.41, 5.74) is 0.962. The van der Waals surface area contributed by atoms with Crippen LogP contribution in [-0.4, -0.2) is 13.2 Å². The lowest BCUT2D eigenvalue weighted by atomic mass is 9.90. The lowest BCUT2D eigenvalue weighted by molar-refractivity contribution is 0.171. The summed E-state index contributed by atoms with van der Waals surface area (Å²) in [6, 6.07) is 3.78. The monoisotopic (exact) mass is 316 g/mol. The Hall–Kier alpha value is -0.600. The maximum Gasteiger partial charge on any atom is 0.162 e. The Labute approximate surface area is 131 Å². The van der Waals surface area contributed by atoms with Crippen LogP contribution in [0.2, 0.25) is 5.02 Å². The van der Waals surface area contributed by atoms with Gasteiger partial charge in [0, 0.05) is 11.1 Å². The zero-order valence-electron chi connectivity index (χ0n) is 12.1. The van der Waals surface area contributed by atoms with E-state index in [9.17, 15) is 0 Å². The molecule has 0 bridgehead atoms. The van der Waals surface area contributed by atoms with Gasteiger partial charge in [0.15, 0.2) is 11.5 Å². The average Bonchev–Trinajstić information content (AvgIpc) is 2.45. The van der Waals surface area contributed by atoms with E-state index in [2.05, 4.69) is 13.8 Å². The normalized spacial score (nSPS) is 15.4. The summed E-state index contributed by atoms with van der Waals surface area (Å²) in [7, 11) is 0. The summed E-state index contributed by atoms with van der Waals surface area (Å²) >= 11 is 13.1. The van der Waals surface area contributed by atoms with E-state index in [1.54, 1.807) is 0 Å². The van der Waals surface area contributed by atoms with Crippen molar-refractivity contribution in [2.45, 2.75) is 44.9 Å². The number of alkyl halides is 1. The molecule has 0 radical (unpaired) electrons. The molecule has 0 spiro atoms. The zero-order valence-corrected chi connectivity index (χ0v) is 13.6. The standard InChI is InChI=1S/C16H22Cl2O2/c1-3-5-11(6-4-2)16(18)12-9-14-15(10-13(12)17)20-8-7-19-14/h9-11,16H,3-8H2,1-2H3. The summed E-state index contributed by atoms with van der Waals surface area (Å²) in [5, 5.41) is 0.602. The molecule has 0 amide bonds. The number of fused-ring (bicyclic) bond motifs is 1. The second-order valence-electron chi connectivity index (χ2n) is 5.26. The van der Waals surface area contributed by atoms with E-state index in [0.29, 0.717) is 24.2 Å². The highest BCUT2D eigenvalue weighted by atomic mass is 35.5. The van der Waals surface area contributed by atoms with Crippen LogP contribution in [-0.2, 0) is 0 Å². The fourth-order valence-electron chi connectivity index (χ4n) is 2.72. The highest BCUT2D eigenvalue weighted by Crippen LogP contribution is 2.43. The molecule has 1 heterocycles. The van der Waals surface area contributed by atoms with Crippen LogP contribution in [0.4, 0.5) is 0 Å². The summed E-state index contributed by atoms with van der Waals surface area (Å²) in [6.07, 6.45) is 4.51. The van der Waals surface area contributed by atoms with E-state index in [-0.39, 0.29) is 5.38 Å². The molecule has 1 aliphatic heterocycles. The molecule has 1 aromatic carbocycles. The molecule has 4 heteroatoms. The van der Waals surface area contributed by atoms with E-state index >= 15 is 0 Å². The molecule has 0 aliphatic carbocycles. The Morgan fingerprint density at radius 1 is 1.05 bits per heavy atom. The Kier molecular flexibility index (Phi) is 5.86. The van der Waals surface area contributed by atoms with Gasteiger partial charge in [0.2, 0.25) is 0 Å². The topological polar surface area (TPSA) is 18.5 Å². The predicted molar refractivity (Wildman–Crippen MR) is 84.3 cm³/mol. The number of benzene rings is 1. The average molecular weight is 317 g/mol. The Morgan fingerprint density at radius 2 is 1.60 bits per heavy atom. The largest absolute Gasteiger partial charge is 0.486 e. The van der Waals surface area contributed by atoms with Gasteiger partial charge in [-0.15, -0.1) is 11.6 Å². The van der Waals surface area contributed by atoms with Gasteiger partial charge in [-0.05, 0) is 30.4 Å². The molecule has 2 rings (SSSR count). The summed E-state index contributed by atoms with van der Waals surface area (Å²) in [5.74, 6) is 1.93. The van der Waals surface area contributed by atoms with Crippen LogP contribution >= 0.6 is 23.2 Å². The van der Waals surface area contributed by atoms with Gasteiger partial charge in [0.1, 0.15) is 13.2 Å². The smallest absolute Gasteiger partial charge is 0.162 e. The molecule has 20 heavy (non-hydrogen) atoms. The third-order valence-corrected chi connectivity index (χ3v) is 4.61. The Bertz CT molecular complexity index is 442. The first-order chi connectivity index (χ1) is 9.67. The predicted octanol–water partition coefficient (Wildman–Crippen LogP) is 5.61. The van der Waals surface area contributed by atoms with Crippen LogP contribution in [0.15, 0.2) is 12.1 Å². The molecule has 1 unspecified atom stereocenters. The number of ether oxygens (including phenoxy) is 2. The molecule has 0 fully saturated rings. The van der Waals surface area contributed by atoms with Crippen molar-refractivity contribution >= 4 is 23.2 Å². The van der Waals surface area contributed by atoms with Crippen molar-refractivity contribution in [2.24, 2.45) is 5.92 Å². The molecule has 0 N–H and O–H groups in total. The van der Waals surface area contributed by atoms with Crippen molar-refractivity contribution in [1.82, 2.24) is 0 Å². The molecular formula is C16H22Cl2O2. The fourth-order valence-corrected chi connectivity index (χ4v) is 3.48. The van der Waals surface area contributed by atoms with Crippen molar-refractivity contribution in [1.29, 1.82) is 0 Å². The van der Waals surface area contributed by atoms with E-state index in [0.717, 1.165) is 42.7 Å². The second-order valence-corrected chi connectivity index (χ2v) is 6.13. The molecule has 1 aromatic rings. The second kappa shape index (κ2) is 7.42. The minimum Gasteiger partial charge on any atom is -0.486 e. The maximum absolute atomic E-state index is 6.70. The van der Waals surface area contributed by atoms with Crippen molar-refractivity contribution in [3.63, 3.8) is 0 Å². The molecule has 0 aromatic heterocycles. The van der Waals surface area contributed by atoms with E-state index in [1.165, 1.54) is 0 Å². The fraction of sp³-hybridized carbons (Fsp3) is 0.625. The molecule has 0 saturated heterocycles. The zero-order chi connectivity index (χ0) is 14.5. The van der Waals surface area contributed by atoms with Gasteiger partial charge >= 0.3 is 0 Å². The quantitative estimate of drug-likeness (QED) is 0.635. The van der Waals surface area contributed by atoms with E-state index < -0.39 is 0 Å². The van der Waals surface area contributed by atoms with Crippen LogP contribution in [0.3, 0.4) is 0 Å². The lowest BCUT2D eigenvalue weighted by Crippen LogP contribution is -2.16. The number of halogens is 2. The van der Waals surface area contributed by atoms with E-state index in [4.69, 9.17) is 32.7 Å². The highest BCUT2D eigenvalue weighted by Gasteiger charge is 2.24. The highest BCUT2D eigenvalue weighted by molar-refractivity contribution is 6.33. The SMILES string of the molecule is CCCC(CCC)C(Cl)c1cc2c(cc1Cl)OCCO2. The number of rotatable bonds is 6. The molecule has 0 saturated carbocycles. The van der Waals surface area contributed by atoms with Crippen molar-refractivity contribution in [3.05, 3.63) is 22.7 Å².